The molecule has 0 saturated heterocycles. The van der Waals surface area contributed by atoms with Gasteiger partial charge in [-0.25, -0.2) is 66.6 Å². The summed E-state index contributed by atoms with van der Waals surface area (Å²) in [7, 11) is -5.16. The molecule has 0 atom stereocenters. The first kappa shape index (κ1) is 51.5. The number of aromatic nitrogens is 6. The molecule has 2 aromatic carbocycles. The zero-order chi connectivity index (χ0) is 49.1. The minimum absolute atomic E-state index is 0.0234. The number of anilines is 1. The average molecular weight is 947 g/mol. The number of hydrogen-bond donors (Lipinski definition) is 3. The topological polar surface area (TPSA) is 261 Å². The summed E-state index contributed by atoms with van der Waals surface area (Å²) in [5.41, 5.74) is 5.95. The molecule has 0 spiro atoms. The van der Waals surface area contributed by atoms with Crippen molar-refractivity contribution >= 4 is 43.5 Å². The van der Waals surface area contributed by atoms with Gasteiger partial charge in [0.1, 0.15) is 11.6 Å². The number of urea groups is 1. The molecule has 0 aliphatic carbocycles. The summed E-state index contributed by atoms with van der Waals surface area (Å²) in [6.45, 7) is 14.1. The minimum atomic E-state index is -4.34. The van der Waals surface area contributed by atoms with Gasteiger partial charge in [0.05, 0.1) is 25.6 Å². The Morgan fingerprint density at radius 3 is 1.56 bits per heavy atom. The molecule has 0 radical (unpaired) electrons. The molecule has 4 heterocycles. The standard InChI is InChI=1S/C22H24FN5O4S.C16H15FN2O2.C6H9N3O2S/c1-12(2)17-10-16(23)11-18(15-6-7-24-19(9-15)32-5)20(17)27-21(29)28-33(30,31)22-25-13(3)8-14(4)26-22;1-10(2)13-7-12(17)8-14(16(13)19-9-20)11-4-5-18-15(6-11)21-3;1-4-3-5(2)9-6(8-4)12(7,10)11/h6-12H,1-5H3,(H2,27,28,29);4-8,10H,1-3H3;3H,1-2H3,(H2,7,10,11). The Morgan fingerprint density at radius 1 is 0.682 bits per heavy atom. The van der Waals surface area contributed by atoms with Crippen LogP contribution in [-0.2, 0) is 24.8 Å². The Hall–Kier alpha value is -7.13. The van der Waals surface area contributed by atoms with Gasteiger partial charge in [0.2, 0.25) is 17.8 Å². The van der Waals surface area contributed by atoms with Crippen LogP contribution in [0.25, 0.3) is 22.3 Å². The van der Waals surface area contributed by atoms with E-state index in [1.807, 2.05) is 32.4 Å². The number of amides is 2. The van der Waals surface area contributed by atoms with Crippen molar-refractivity contribution in [3.63, 3.8) is 0 Å². The van der Waals surface area contributed by atoms with Gasteiger partial charge in [0, 0.05) is 58.4 Å². The van der Waals surface area contributed by atoms with Gasteiger partial charge in [-0.05, 0) is 110 Å². The molecule has 18 nitrogen and oxygen atoms in total. The molecule has 0 unspecified atom stereocenters. The molecule has 4 aromatic heterocycles. The van der Waals surface area contributed by atoms with Crippen LogP contribution in [0, 0.1) is 39.3 Å². The molecule has 348 valence electrons. The molecule has 2 amide bonds. The summed E-state index contributed by atoms with van der Waals surface area (Å²) < 4.78 is 87.4. The van der Waals surface area contributed by atoms with E-state index in [0.29, 0.717) is 73.6 Å². The number of hydrogen-bond acceptors (Lipinski definition) is 15. The van der Waals surface area contributed by atoms with Crippen molar-refractivity contribution in [2.45, 2.75) is 77.5 Å². The molecule has 6 aromatic rings. The Balaban J connectivity index is 0.000000244. The monoisotopic (exact) mass is 946 g/mol. The van der Waals surface area contributed by atoms with Crippen LogP contribution in [0.2, 0.25) is 0 Å². The number of aliphatic imine (C=N–C) groups is 1. The molecule has 6 rings (SSSR count). The number of nitrogens with two attached hydrogens (primary N) is 1. The summed E-state index contributed by atoms with van der Waals surface area (Å²) in [5.74, 6) is -0.342. The van der Waals surface area contributed by atoms with Crippen molar-refractivity contribution in [3.05, 3.63) is 119 Å². The molecule has 0 fully saturated rings. The van der Waals surface area contributed by atoms with Gasteiger partial charge in [-0.3, -0.25) is 0 Å². The summed E-state index contributed by atoms with van der Waals surface area (Å²) >= 11 is 0. The van der Waals surface area contributed by atoms with E-state index in [-0.39, 0.29) is 28.5 Å². The number of halogens is 2. The van der Waals surface area contributed by atoms with E-state index in [2.05, 4.69) is 40.2 Å². The number of carbonyl (C=O) groups is 1. The van der Waals surface area contributed by atoms with Gasteiger partial charge < -0.3 is 14.8 Å². The Labute approximate surface area is 381 Å². The highest BCUT2D eigenvalue weighted by atomic mass is 32.2. The second-order valence-corrected chi connectivity index (χ2v) is 18.0. The van der Waals surface area contributed by atoms with Crippen LogP contribution in [0.3, 0.4) is 0 Å². The Morgan fingerprint density at radius 2 is 1.12 bits per heavy atom. The van der Waals surface area contributed by atoms with Crippen molar-refractivity contribution < 1.29 is 44.7 Å². The fraction of sp³-hybridized carbons (Fsp3) is 0.273. The molecule has 0 aliphatic heterocycles. The number of sulfonamides is 2. The number of nitrogens with zero attached hydrogens (tertiary/aromatic N) is 7. The first-order valence-corrected chi connectivity index (χ1v) is 22.8. The second-order valence-electron chi connectivity index (χ2n) is 15.0. The molecular weight excluding hydrogens is 899 g/mol. The number of methoxy groups -OCH3 is 2. The molecular formula is C44H48F2N10O8S2. The highest BCUT2D eigenvalue weighted by Crippen LogP contribution is 2.39. The van der Waals surface area contributed by atoms with Gasteiger partial charge in [-0.2, -0.15) is 13.4 Å². The molecule has 66 heavy (non-hydrogen) atoms. The maximum atomic E-state index is 14.5. The summed E-state index contributed by atoms with van der Waals surface area (Å²) in [6.07, 6.45) is 4.59. The van der Waals surface area contributed by atoms with E-state index in [9.17, 15) is 35.2 Å². The second kappa shape index (κ2) is 22.2. The fourth-order valence-electron chi connectivity index (χ4n) is 6.22. The third-order valence-corrected chi connectivity index (χ3v) is 10.8. The van der Waals surface area contributed by atoms with Crippen molar-refractivity contribution in [3.8, 4) is 34.0 Å². The van der Waals surface area contributed by atoms with Crippen molar-refractivity contribution in [2.24, 2.45) is 10.1 Å². The van der Waals surface area contributed by atoms with Crippen molar-refractivity contribution in [1.29, 1.82) is 0 Å². The number of ether oxygens (including phenoxy) is 2. The van der Waals surface area contributed by atoms with Gasteiger partial charge in [-0.15, -0.1) is 0 Å². The lowest BCUT2D eigenvalue weighted by Crippen LogP contribution is -2.36. The molecule has 22 heteroatoms. The van der Waals surface area contributed by atoms with Crippen LogP contribution in [0.1, 0.15) is 73.4 Å². The van der Waals surface area contributed by atoms with Gasteiger partial charge in [0.15, 0.2) is 0 Å². The SMILES string of the molecule is COc1cc(-c2cc(F)cc(C(C)C)c2N=C=O)ccn1.COc1cc(-c2cc(F)cc(C(C)C)c2NC(=O)NS(=O)(=O)c2nc(C)cc(C)n2)ccn1.Cc1cc(C)nc(S(N)(=O)=O)n1. The first-order valence-electron chi connectivity index (χ1n) is 19.7. The first-order chi connectivity index (χ1) is 31.0. The van der Waals surface area contributed by atoms with E-state index < -0.39 is 37.1 Å². The normalized spacial score (nSPS) is 11.1. The van der Waals surface area contributed by atoms with E-state index >= 15 is 0 Å². The smallest absolute Gasteiger partial charge is 0.333 e. The van der Waals surface area contributed by atoms with Crippen LogP contribution < -0.4 is 24.7 Å². The zero-order valence-electron chi connectivity index (χ0n) is 37.6. The van der Waals surface area contributed by atoms with E-state index in [1.54, 1.807) is 76.4 Å². The molecule has 0 saturated carbocycles. The van der Waals surface area contributed by atoms with E-state index in [1.165, 1.54) is 44.7 Å². The Kier molecular flexibility index (Phi) is 17.3. The lowest BCUT2D eigenvalue weighted by molar-refractivity contribution is 0.256. The predicted molar refractivity (Wildman–Crippen MR) is 242 cm³/mol. The number of primary sulfonamides is 1. The van der Waals surface area contributed by atoms with Gasteiger partial charge >= 0.3 is 16.1 Å². The van der Waals surface area contributed by atoms with Gasteiger partial charge in [-0.1, -0.05) is 27.7 Å². The van der Waals surface area contributed by atoms with Crippen LogP contribution in [0.5, 0.6) is 11.8 Å². The number of rotatable bonds is 11. The minimum Gasteiger partial charge on any atom is -0.481 e. The third-order valence-electron chi connectivity index (χ3n) is 9.03. The Bertz CT molecular complexity index is 2980. The quantitative estimate of drug-likeness (QED) is 0.0640. The van der Waals surface area contributed by atoms with Crippen LogP contribution >= 0.6 is 0 Å². The lowest BCUT2D eigenvalue weighted by atomic mass is 9.94. The number of nitrogens with one attached hydrogen (secondary N) is 2. The highest BCUT2D eigenvalue weighted by Gasteiger charge is 2.25. The van der Waals surface area contributed by atoms with Crippen LogP contribution in [0.15, 0.2) is 88.4 Å². The molecule has 0 bridgehead atoms. The predicted octanol–water partition coefficient (Wildman–Crippen LogP) is 7.66. The number of aryl methyl sites for hydroxylation is 4. The summed E-state index contributed by atoms with van der Waals surface area (Å²) in [4.78, 5) is 50.4. The maximum absolute atomic E-state index is 14.5. The van der Waals surface area contributed by atoms with Crippen molar-refractivity contribution in [2.75, 3.05) is 19.5 Å². The van der Waals surface area contributed by atoms with Crippen LogP contribution in [-0.4, -0.2) is 73.1 Å². The summed E-state index contributed by atoms with van der Waals surface area (Å²) in [6, 6.07) is 14.1. The number of isocyanates is 1. The largest absolute Gasteiger partial charge is 0.481 e. The van der Waals surface area contributed by atoms with E-state index in [4.69, 9.17) is 14.6 Å². The molecule has 0 aliphatic rings. The third kappa shape index (κ3) is 13.9. The van der Waals surface area contributed by atoms with Gasteiger partial charge in [0.25, 0.3) is 20.3 Å². The number of carbonyl (C=O) groups excluding carboxylic acids is 2. The maximum Gasteiger partial charge on any atom is 0.333 e. The van der Waals surface area contributed by atoms with Crippen LogP contribution in [0.4, 0.5) is 25.0 Å². The summed E-state index contributed by atoms with van der Waals surface area (Å²) in [5, 5.41) is 6.57. The fourth-order valence-corrected chi connectivity index (χ4v) is 7.68. The van der Waals surface area contributed by atoms with E-state index in [0.717, 1.165) is 0 Å². The molecule has 4 N–H and O–H groups in total. The lowest BCUT2D eigenvalue weighted by Gasteiger charge is -2.19. The van der Waals surface area contributed by atoms with Crippen molar-refractivity contribution in [1.82, 2.24) is 34.6 Å². The number of benzene rings is 2. The zero-order valence-corrected chi connectivity index (χ0v) is 39.3. The highest BCUT2D eigenvalue weighted by molar-refractivity contribution is 7.90. The average Bonchev–Trinajstić information content (AvgIpc) is 3.23. The number of pyridine rings is 2.